The van der Waals surface area contributed by atoms with E-state index < -0.39 is 37.3 Å². The van der Waals surface area contributed by atoms with Crippen molar-refractivity contribution in [3.63, 3.8) is 0 Å². The lowest BCUT2D eigenvalue weighted by molar-refractivity contribution is -0.290. The van der Waals surface area contributed by atoms with Crippen LogP contribution in [0, 0.1) is 0 Å². The summed E-state index contributed by atoms with van der Waals surface area (Å²) in [6.45, 7) is -0.482. The van der Waals surface area contributed by atoms with Gasteiger partial charge < -0.3 is 29.9 Å². The molecule has 1 heterocycles. The van der Waals surface area contributed by atoms with E-state index in [-0.39, 0.29) is 0 Å². The summed E-state index contributed by atoms with van der Waals surface area (Å²) in [6, 6.07) is 0. The van der Waals surface area contributed by atoms with Crippen molar-refractivity contribution in [3.05, 3.63) is 24.0 Å². The Labute approximate surface area is 115 Å². The van der Waals surface area contributed by atoms with Crippen molar-refractivity contribution in [2.24, 2.45) is 0 Å². The minimum Gasteiger partial charge on any atom is -0.462 e. The van der Waals surface area contributed by atoms with Gasteiger partial charge in [-0.15, -0.1) is 0 Å². The molecule has 4 N–H and O–H groups in total. The predicted octanol–water partition coefficient (Wildman–Crippen LogP) is -0.983. The summed E-state index contributed by atoms with van der Waals surface area (Å²) in [4.78, 5) is 0.765. The van der Waals surface area contributed by atoms with E-state index in [4.69, 9.17) is 26.8 Å². The average Bonchev–Trinajstić information content (AvgIpc) is 2.42. The molecule has 0 aromatic rings. The number of allylic oxidation sites excluding steroid dienone is 3. The third-order valence-corrected chi connectivity index (χ3v) is 3.34. The Balaban J connectivity index is 2.03. The fourth-order valence-corrected chi connectivity index (χ4v) is 2.05. The zero-order valence-electron chi connectivity index (χ0n) is 10.0. The first-order chi connectivity index (χ1) is 9.02. The summed E-state index contributed by atoms with van der Waals surface area (Å²) in [5.41, 5.74) is 0. The molecular weight excluding hydrogens is 272 g/mol. The molecule has 19 heavy (non-hydrogen) atoms. The zero-order chi connectivity index (χ0) is 14.0. The van der Waals surface area contributed by atoms with Crippen LogP contribution >= 0.6 is 12.2 Å². The number of rotatable bonds is 3. The second kappa shape index (κ2) is 6.08. The second-order valence-electron chi connectivity index (χ2n) is 4.43. The normalized spacial score (nSPS) is 39.1. The Morgan fingerprint density at radius 2 is 1.95 bits per heavy atom. The molecule has 106 valence electrons. The molecule has 0 unspecified atom stereocenters. The predicted molar refractivity (Wildman–Crippen MR) is 69.3 cm³/mol. The minimum absolute atomic E-state index is 0.456. The molecule has 0 bridgehead atoms. The number of hydrogen-bond donors (Lipinski definition) is 4. The summed E-state index contributed by atoms with van der Waals surface area (Å²) in [7, 11) is 0. The van der Waals surface area contributed by atoms with Crippen LogP contribution in [-0.2, 0) is 9.47 Å². The van der Waals surface area contributed by atoms with Crippen LogP contribution in [-0.4, -0.2) is 62.6 Å². The van der Waals surface area contributed by atoms with Gasteiger partial charge in [0, 0.05) is 11.3 Å². The molecule has 7 heteroatoms. The Bertz CT molecular complexity index is 405. The standard InChI is InChI=1S/C12H16O6S/c13-5-8-9(14)10(15)11(16)12(18-8)17-6-1-3-7(19)4-2-6/h1-3,8-16H,4-5H2/t8-,9-,10+,11-,12-/m1/s1. The molecule has 1 aliphatic heterocycles. The smallest absolute Gasteiger partial charge is 0.229 e. The lowest BCUT2D eigenvalue weighted by Gasteiger charge is -2.39. The molecule has 0 amide bonds. The molecule has 0 radical (unpaired) electrons. The molecule has 1 saturated heterocycles. The van der Waals surface area contributed by atoms with Crippen LogP contribution < -0.4 is 0 Å². The zero-order valence-corrected chi connectivity index (χ0v) is 10.9. The van der Waals surface area contributed by atoms with E-state index in [2.05, 4.69) is 0 Å². The highest BCUT2D eigenvalue weighted by atomic mass is 32.1. The minimum atomic E-state index is -1.44. The van der Waals surface area contributed by atoms with Gasteiger partial charge in [0.15, 0.2) is 0 Å². The Morgan fingerprint density at radius 3 is 2.53 bits per heavy atom. The van der Waals surface area contributed by atoms with Crippen LogP contribution in [0.5, 0.6) is 0 Å². The molecule has 5 atom stereocenters. The van der Waals surface area contributed by atoms with Gasteiger partial charge in [0.05, 0.1) is 6.61 Å². The van der Waals surface area contributed by atoms with Crippen LogP contribution in [0.15, 0.2) is 24.0 Å². The van der Waals surface area contributed by atoms with Crippen molar-refractivity contribution in [1.82, 2.24) is 0 Å². The van der Waals surface area contributed by atoms with E-state index in [9.17, 15) is 15.3 Å². The maximum absolute atomic E-state index is 9.79. The van der Waals surface area contributed by atoms with Gasteiger partial charge in [0.1, 0.15) is 30.2 Å². The van der Waals surface area contributed by atoms with Crippen LogP contribution in [0.4, 0.5) is 0 Å². The number of aliphatic hydroxyl groups is 4. The molecule has 2 aliphatic rings. The fourth-order valence-electron chi connectivity index (χ4n) is 1.90. The van der Waals surface area contributed by atoms with Crippen molar-refractivity contribution in [1.29, 1.82) is 0 Å². The van der Waals surface area contributed by atoms with Crippen molar-refractivity contribution >= 4 is 17.1 Å². The van der Waals surface area contributed by atoms with Gasteiger partial charge in [0.2, 0.25) is 6.29 Å². The summed E-state index contributed by atoms with van der Waals surface area (Å²) in [5, 5.41) is 38.1. The average molecular weight is 288 g/mol. The molecule has 6 nitrogen and oxygen atoms in total. The van der Waals surface area contributed by atoms with Gasteiger partial charge in [-0.1, -0.05) is 12.2 Å². The summed E-state index contributed by atoms with van der Waals surface area (Å²) in [5.74, 6) is 0.456. The number of hydrogen-bond acceptors (Lipinski definition) is 7. The van der Waals surface area contributed by atoms with Crippen LogP contribution in [0.2, 0.25) is 0 Å². The second-order valence-corrected chi connectivity index (χ2v) is 4.95. The summed E-state index contributed by atoms with van der Waals surface area (Å²) in [6.07, 6.45) is -0.741. The van der Waals surface area contributed by atoms with E-state index in [1.165, 1.54) is 0 Å². The summed E-state index contributed by atoms with van der Waals surface area (Å²) < 4.78 is 10.6. The molecule has 0 saturated carbocycles. The van der Waals surface area contributed by atoms with Crippen molar-refractivity contribution < 1.29 is 29.9 Å². The Kier molecular flexibility index (Phi) is 4.67. The van der Waals surface area contributed by atoms with Gasteiger partial charge in [0.25, 0.3) is 0 Å². The fraction of sp³-hybridized carbons (Fsp3) is 0.583. The first kappa shape index (κ1) is 14.6. The maximum Gasteiger partial charge on any atom is 0.229 e. The number of thiocarbonyl (C=S) groups is 1. The Morgan fingerprint density at radius 1 is 1.21 bits per heavy atom. The molecule has 0 spiro atoms. The quantitative estimate of drug-likeness (QED) is 0.495. The molecule has 1 aliphatic carbocycles. The highest BCUT2D eigenvalue weighted by molar-refractivity contribution is 7.80. The first-order valence-electron chi connectivity index (χ1n) is 5.91. The van der Waals surface area contributed by atoms with Gasteiger partial charge in [-0.2, -0.15) is 0 Å². The lowest BCUT2D eigenvalue weighted by Crippen LogP contribution is -2.59. The number of aliphatic hydroxyl groups excluding tert-OH is 4. The van der Waals surface area contributed by atoms with Crippen LogP contribution in [0.3, 0.4) is 0 Å². The van der Waals surface area contributed by atoms with Crippen LogP contribution in [0.1, 0.15) is 6.42 Å². The highest BCUT2D eigenvalue weighted by Crippen LogP contribution is 2.24. The third-order valence-electron chi connectivity index (χ3n) is 3.04. The SMILES string of the molecule is OC[C@H]1O[C@@H](OC2=CCC(=S)C=C2)[C@H](O)[C@@H](O)[C@@H]1O. The van der Waals surface area contributed by atoms with Crippen LogP contribution in [0.25, 0.3) is 0 Å². The largest absolute Gasteiger partial charge is 0.462 e. The topological polar surface area (TPSA) is 99.4 Å². The van der Waals surface area contributed by atoms with Gasteiger partial charge >= 0.3 is 0 Å². The van der Waals surface area contributed by atoms with Gasteiger partial charge in [-0.3, -0.25) is 0 Å². The van der Waals surface area contributed by atoms with Gasteiger partial charge in [-0.05, 0) is 18.2 Å². The van der Waals surface area contributed by atoms with E-state index in [0.717, 1.165) is 4.86 Å². The molecule has 0 aromatic carbocycles. The van der Waals surface area contributed by atoms with Crippen molar-refractivity contribution in [3.8, 4) is 0 Å². The van der Waals surface area contributed by atoms with E-state index in [1.54, 1.807) is 18.2 Å². The third kappa shape index (κ3) is 3.19. The molecule has 1 fully saturated rings. The van der Waals surface area contributed by atoms with E-state index in [1.807, 2.05) is 0 Å². The molecule has 0 aromatic heterocycles. The molecular formula is C12H16O6S. The van der Waals surface area contributed by atoms with Crippen molar-refractivity contribution in [2.45, 2.75) is 37.1 Å². The van der Waals surface area contributed by atoms with Gasteiger partial charge in [-0.25, -0.2) is 0 Å². The Hall–Kier alpha value is -0.830. The highest BCUT2D eigenvalue weighted by Gasteiger charge is 2.44. The summed E-state index contributed by atoms with van der Waals surface area (Å²) >= 11 is 4.98. The van der Waals surface area contributed by atoms with E-state index >= 15 is 0 Å². The first-order valence-corrected chi connectivity index (χ1v) is 6.32. The lowest BCUT2D eigenvalue weighted by atomic mass is 9.99. The molecule has 2 rings (SSSR count). The monoisotopic (exact) mass is 288 g/mol. The van der Waals surface area contributed by atoms with E-state index in [0.29, 0.717) is 12.2 Å². The maximum atomic E-state index is 9.79. The van der Waals surface area contributed by atoms with Crippen molar-refractivity contribution in [2.75, 3.05) is 6.61 Å². The number of ether oxygens (including phenoxy) is 2.